The molecule has 0 amide bonds. The first-order chi connectivity index (χ1) is 19.7. The number of carboxylic acid groups (broad SMARTS) is 1. The third kappa shape index (κ3) is 6.94. The van der Waals surface area contributed by atoms with Gasteiger partial charge in [0, 0.05) is 24.6 Å². The van der Waals surface area contributed by atoms with Crippen molar-refractivity contribution in [2.45, 2.75) is 60.9 Å². The second kappa shape index (κ2) is 13.5. The van der Waals surface area contributed by atoms with Crippen molar-refractivity contribution < 1.29 is 32.2 Å². The predicted molar refractivity (Wildman–Crippen MR) is 158 cm³/mol. The van der Waals surface area contributed by atoms with Gasteiger partial charge in [-0.2, -0.15) is 8.70 Å². The number of rotatable bonds is 11. The van der Waals surface area contributed by atoms with Gasteiger partial charge in [-0.15, -0.1) is 11.8 Å². The molecule has 0 aliphatic carbocycles. The lowest BCUT2D eigenvalue weighted by atomic mass is 9.84. The van der Waals surface area contributed by atoms with E-state index >= 15 is 0 Å². The number of methoxy groups -OCH3 is 1. The molecule has 0 bridgehead atoms. The van der Waals surface area contributed by atoms with Crippen molar-refractivity contribution >= 4 is 27.8 Å². The first kappa shape index (κ1) is 30.6. The average molecular weight is 600 g/mol. The zero-order valence-corrected chi connectivity index (χ0v) is 24.9. The number of sulfonamides is 1. The predicted octanol–water partition coefficient (Wildman–Crippen LogP) is 6.98. The van der Waals surface area contributed by atoms with Gasteiger partial charge in [-0.05, 0) is 54.0 Å². The summed E-state index contributed by atoms with van der Waals surface area (Å²) in [5, 5.41) is 8.93. The number of nitrogens with zero attached hydrogens (tertiary/aromatic N) is 1. The third-order valence-corrected chi connectivity index (χ3v) is 9.97. The zero-order chi connectivity index (χ0) is 29.6. The van der Waals surface area contributed by atoms with E-state index in [9.17, 15) is 17.6 Å². The summed E-state index contributed by atoms with van der Waals surface area (Å²) in [6, 6.07) is 20.1. The van der Waals surface area contributed by atoms with Crippen molar-refractivity contribution in [1.82, 2.24) is 4.31 Å². The number of benzene rings is 3. The van der Waals surface area contributed by atoms with Gasteiger partial charge in [-0.1, -0.05) is 62.2 Å². The SMILES string of the molecule is CCCCC1CC(c2ccccc2)c2cc(SC)c(O/C=C(\F)C(=O)O)cc2S(=O)(=O)N1Cc1ccc(OC)cc1. The first-order valence-corrected chi connectivity index (χ1v) is 16.0. The van der Waals surface area contributed by atoms with E-state index in [-0.39, 0.29) is 29.1 Å². The van der Waals surface area contributed by atoms with Crippen LogP contribution in [0.2, 0.25) is 0 Å². The number of fused-ring (bicyclic) bond motifs is 1. The Bertz CT molecular complexity index is 1490. The molecule has 3 aromatic carbocycles. The minimum absolute atomic E-state index is 0.0656. The topological polar surface area (TPSA) is 93.1 Å². The van der Waals surface area contributed by atoms with Crippen LogP contribution < -0.4 is 9.47 Å². The molecule has 2 atom stereocenters. The van der Waals surface area contributed by atoms with Crippen molar-refractivity contribution in [3.05, 3.63) is 95.5 Å². The number of carbonyl (C=O) groups is 1. The van der Waals surface area contributed by atoms with Crippen molar-refractivity contribution in [3.63, 3.8) is 0 Å². The van der Waals surface area contributed by atoms with Gasteiger partial charge in [0.15, 0.2) is 0 Å². The molecule has 1 aliphatic rings. The lowest BCUT2D eigenvalue weighted by Crippen LogP contribution is -2.39. The van der Waals surface area contributed by atoms with Crippen LogP contribution in [0.25, 0.3) is 0 Å². The smallest absolute Gasteiger partial charge is 0.368 e. The summed E-state index contributed by atoms with van der Waals surface area (Å²) in [4.78, 5) is 11.6. The van der Waals surface area contributed by atoms with Crippen LogP contribution in [0, 0.1) is 0 Å². The van der Waals surface area contributed by atoms with E-state index in [1.165, 1.54) is 17.8 Å². The van der Waals surface area contributed by atoms with Crippen molar-refractivity contribution in [3.8, 4) is 11.5 Å². The Labute approximate surface area is 245 Å². The zero-order valence-electron chi connectivity index (χ0n) is 23.2. The van der Waals surface area contributed by atoms with Gasteiger partial charge in [0.1, 0.15) is 17.8 Å². The quantitative estimate of drug-likeness (QED) is 0.144. The van der Waals surface area contributed by atoms with E-state index in [0.717, 1.165) is 24.0 Å². The molecular weight excluding hydrogens is 565 g/mol. The molecule has 7 nitrogen and oxygen atoms in total. The Morgan fingerprint density at radius 2 is 1.85 bits per heavy atom. The minimum Gasteiger partial charge on any atom is -0.497 e. The Balaban J connectivity index is 1.92. The second-order valence-electron chi connectivity index (χ2n) is 9.82. The van der Waals surface area contributed by atoms with Gasteiger partial charge < -0.3 is 14.6 Å². The van der Waals surface area contributed by atoms with E-state index in [0.29, 0.717) is 35.3 Å². The minimum atomic E-state index is -4.07. The van der Waals surface area contributed by atoms with E-state index < -0.39 is 21.8 Å². The number of aliphatic carboxylic acids is 1. The summed E-state index contributed by atoms with van der Waals surface area (Å²) in [5.41, 5.74) is 2.45. The summed E-state index contributed by atoms with van der Waals surface area (Å²) in [6.45, 7) is 2.25. The molecule has 218 valence electrons. The molecule has 0 saturated heterocycles. The Morgan fingerprint density at radius 3 is 2.46 bits per heavy atom. The summed E-state index contributed by atoms with van der Waals surface area (Å²) in [5.74, 6) is -2.74. The molecule has 4 rings (SSSR count). The molecule has 1 N–H and O–H groups in total. The van der Waals surface area contributed by atoms with E-state index in [1.54, 1.807) is 23.7 Å². The summed E-state index contributed by atoms with van der Waals surface area (Å²) < 4.78 is 55.2. The standard InChI is InChI=1S/C31H34FNO6S2/c1-4-5-11-23-16-25(22-9-7-6-8-10-22)26-17-29(40-3)28(39-20-27(32)31(34)35)18-30(26)41(36,37)33(23)19-21-12-14-24(38-2)15-13-21/h6-10,12-15,17-18,20,23,25H,4-5,11,16,19H2,1-3H3,(H,34,35)/b27-20-. The summed E-state index contributed by atoms with van der Waals surface area (Å²) >= 11 is 1.31. The Morgan fingerprint density at radius 1 is 1.15 bits per heavy atom. The molecule has 0 fully saturated rings. The fourth-order valence-corrected chi connectivity index (χ4v) is 7.60. The van der Waals surface area contributed by atoms with Gasteiger partial charge in [0.25, 0.3) is 0 Å². The summed E-state index contributed by atoms with van der Waals surface area (Å²) in [7, 11) is -2.49. The number of ether oxygens (including phenoxy) is 2. The molecule has 10 heteroatoms. The highest BCUT2D eigenvalue weighted by Crippen LogP contribution is 2.45. The molecule has 0 spiro atoms. The number of hydrogen-bond acceptors (Lipinski definition) is 6. The third-order valence-electron chi connectivity index (χ3n) is 7.26. The molecule has 3 aromatic rings. The van der Waals surface area contributed by atoms with Crippen LogP contribution in [-0.2, 0) is 21.4 Å². The molecule has 2 unspecified atom stereocenters. The van der Waals surface area contributed by atoms with E-state index in [4.69, 9.17) is 14.6 Å². The highest BCUT2D eigenvalue weighted by Gasteiger charge is 2.40. The van der Waals surface area contributed by atoms with Gasteiger partial charge in [0.2, 0.25) is 15.9 Å². The Kier molecular flexibility index (Phi) is 10.1. The van der Waals surface area contributed by atoms with Crippen molar-refractivity contribution in [2.24, 2.45) is 0 Å². The van der Waals surface area contributed by atoms with Crippen molar-refractivity contribution in [2.75, 3.05) is 13.4 Å². The second-order valence-corrected chi connectivity index (χ2v) is 12.5. The van der Waals surface area contributed by atoms with Crippen LogP contribution in [0.1, 0.15) is 55.2 Å². The number of halogens is 1. The van der Waals surface area contributed by atoms with Crippen LogP contribution >= 0.6 is 11.8 Å². The lowest BCUT2D eigenvalue weighted by Gasteiger charge is -2.30. The highest BCUT2D eigenvalue weighted by molar-refractivity contribution is 7.98. The summed E-state index contributed by atoms with van der Waals surface area (Å²) in [6.07, 6.45) is 5.34. The molecular formula is C31H34FNO6S2. The molecule has 41 heavy (non-hydrogen) atoms. The van der Waals surface area contributed by atoms with E-state index in [1.807, 2.05) is 54.6 Å². The molecule has 1 aliphatic heterocycles. The van der Waals surface area contributed by atoms with Gasteiger partial charge in [-0.3, -0.25) is 0 Å². The number of unbranched alkanes of at least 4 members (excludes halogenated alkanes) is 1. The van der Waals surface area contributed by atoms with Crippen LogP contribution in [0.15, 0.2) is 88.6 Å². The van der Waals surface area contributed by atoms with Gasteiger partial charge in [0.05, 0.1) is 16.9 Å². The fraction of sp³-hybridized carbons (Fsp3) is 0.323. The van der Waals surface area contributed by atoms with Gasteiger partial charge in [-0.25, -0.2) is 13.2 Å². The van der Waals surface area contributed by atoms with Crippen molar-refractivity contribution in [1.29, 1.82) is 0 Å². The molecule has 0 radical (unpaired) electrons. The fourth-order valence-electron chi connectivity index (χ4n) is 5.14. The molecule has 0 saturated carbocycles. The number of carboxylic acids is 1. The molecule has 0 aromatic heterocycles. The average Bonchev–Trinajstić information content (AvgIpc) is 3.07. The maximum atomic E-state index is 14.6. The highest BCUT2D eigenvalue weighted by atomic mass is 32.2. The number of thioether (sulfide) groups is 1. The Hall–Kier alpha value is -3.34. The first-order valence-electron chi connectivity index (χ1n) is 13.4. The van der Waals surface area contributed by atoms with Gasteiger partial charge >= 0.3 is 5.97 Å². The normalized spacial score (nSPS) is 18.8. The van der Waals surface area contributed by atoms with Crippen LogP contribution in [-0.4, -0.2) is 43.2 Å². The largest absolute Gasteiger partial charge is 0.497 e. The van der Waals surface area contributed by atoms with Crippen LogP contribution in [0.3, 0.4) is 0 Å². The van der Waals surface area contributed by atoms with Crippen LogP contribution in [0.4, 0.5) is 4.39 Å². The van der Waals surface area contributed by atoms with E-state index in [2.05, 4.69) is 6.92 Å². The lowest BCUT2D eigenvalue weighted by molar-refractivity contribution is -0.134. The molecule has 1 heterocycles. The monoisotopic (exact) mass is 599 g/mol. The maximum absolute atomic E-state index is 14.6. The maximum Gasteiger partial charge on any atom is 0.368 e. The van der Waals surface area contributed by atoms with Crippen LogP contribution in [0.5, 0.6) is 11.5 Å². The number of hydrogen-bond donors (Lipinski definition) is 1.